The summed E-state index contributed by atoms with van der Waals surface area (Å²) in [7, 11) is 1.62. The molecular weight excluding hydrogens is 292 g/mol. The molecule has 1 atom stereocenters. The lowest BCUT2D eigenvalue weighted by Crippen LogP contribution is -2.28. The summed E-state index contributed by atoms with van der Waals surface area (Å²) in [4.78, 5) is 16.5. The summed E-state index contributed by atoms with van der Waals surface area (Å²) in [5.41, 5.74) is 2.27. The van der Waals surface area contributed by atoms with E-state index in [0.29, 0.717) is 11.0 Å². The zero-order chi connectivity index (χ0) is 16.2. The van der Waals surface area contributed by atoms with Crippen LogP contribution in [0.15, 0.2) is 48.5 Å². The Morgan fingerprint density at radius 3 is 2.43 bits per heavy atom. The fourth-order valence-electron chi connectivity index (χ4n) is 2.21. The van der Waals surface area contributed by atoms with Gasteiger partial charge in [-0.25, -0.2) is 4.98 Å². The van der Waals surface area contributed by atoms with E-state index in [9.17, 15) is 4.79 Å². The van der Waals surface area contributed by atoms with Crippen molar-refractivity contribution in [1.82, 2.24) is 20.5 Å². The number of benzene rings is 2. The van der Waals surface area contributed by atoms with Gasteiger partial charge in [0.1, 0.15) is 11.3 Å². The average molecular weight is 308 g/mol. The van der Waals surface area contributed by atoms with E-state index in [1.807, 2.05) is 43.3 Å². The number of para-hydroxylation sites is 1. The summed E-state index contributed by atoms with van der Waals surface area (Å²) in [5.74, 6) is 0.477. The van der Waals surface area contributed by atoms with Gasteiger partial charge in [0.15, 0.2) is 0 Å². The SMILES string of the molecule is COc1ccc([C@H](C)NC(=O)c2nnc3ccccc3n2)cc1. The molecule has 0 aliphatic rings. The molecule has 0 radical (unpaired) electrons. The van der Waals surface area contributed by atoms with Crippen molar-refractivity contribution in [2.45, 2.75) is 13.0 Å². The Labute approximate surface area is 133 Å². The van der Waals surface area contributed by atoms with Gasteiger partial charge in [0.2, 0.25) is 5.82 Å². The second kappa shape index (κ2) is 6.39. The lowest BCUT2D eigenvalue weighted by Gasteiger charge is -2.14. The van der Waals surface area contributed by atoms with E-state index in [1.54, 1.807) is 19.2 Å². The lowest BCUT2D eigenvalue weighted by molar-refractivity contribution is 0.0928. The Bertz CT molecular complexity index is 833. The van der Waals surface area contributed by atoms with Crippen molar-refractivity contribution in [3.8, 4) is 5.75 Å². The lowest BCUT2D eigenvalue weighted by atomic mass is 10.1. The van der Waals surface area contributed by atoms with Gasteiger partial charge in [-0.1, -0.05) is 24.3 Å². The number of carbonyl (C=O) groups excluding carboxylic acids is 1. The molecule has 0 spiro atoms. The largest absolute Gasteiger partial charge is 0.497 e. The van der Waals surface area contributed by atoms with E-state index >= 15 is 0 Å². The molecule has 3 aromatic rings. The highest BCUT2D eigenvalue weighted by atomic mass is 16.5. The normalized spacial score (nSPS) is 11.9. The Balaban J connectivity index is 1.76. The van der Waals surface area contributed by atoms with Crippen molar-refractivity contribution in [2.75, 3.05) is 7.11 Å². The van der Waals surface area contributed by atoms with Crippen molar-refractivity contribution in [3.05, 3.63) is 59.9 Å². The van der Waals surface area contributed by atoms with Crippen LogP contribution >= 0.6 is 0 Å². The second-order valence-electron chi connectivity index (χ2n) is 5.09. The smallest absolute Gasteiger partial charge is 0.291 e. The molecule has 6 nitrogen and oxygen atoms in total. The van der Waals surface area contributed by atoms with Crippen LogP contribution in [0.4, 0.5) is 0 Å². The summed E-state index contributed by atoms with van der Waals surface area (Å²) in [6.45, 7) is 1.90. The number of amides is 1. The molecule has 0 fully saturated rings. The Morgan fingerprint density at radius 2 is 1.74 bits per heavy atom. The van der Waals surface area contributed by atoms with E-state index in [-0.39, 0.29) is 17.8 Å². The van der Waals surface area contributed by atoms with Crippen LogP contribution in [0.5, 0.6) is 5.75 Å². The zero-order valence-corrected chi connectivity index (χ0v) is 12.9. The minimum Gasteiger partial charge on any atom is -0.497 e. The van der Waals surface area contributed by atoms with Crippen molar-refractivity contribution in [1.29, 1.82) is 0 Å². The molecule has 23 heavy (non-hydrogen) atoms. The number of methoxy groups -OCH3 is 1. The number of nitrogens with zero attached hydrogens (tertiary/aromatic N) is 3. The van der Waals surface area contributed by atoms with Crippen LogP contribution in [0, 0.1) is 0 Å². The summed E-state index contributed by atoms with van der Waals surface area (Å²) in [5, 5.41) is 10.8. The second-order valence-corrected chi connectivity index (χ2v) is 5.09. The number of hydrogen-bond acceptors (Lipinski definition) is 5. The molecule has 0 bridgehead atoms. The van der Waals surface area contributed by atoms with Crippen LogP contribution in [-0.4, -0.2) is 28.2 Å². The molecule has 0 aliphatic carbocycles. The number of nitrogens with one attached hydrogen (secondary N) is 1. The highest BCUT2D eigenvalue weighted by Crippen LogP contribution is 2.17. The number of aromatic nitrogens is 3. The molecule has 6 heteroatoms. The van der Waals surface area contributed by atoms with Crippen molar-refractivity contribution < 1.29 is 9.53 Å². The number of hydrogen-bond donors (Lipinski definition) is 1. The molecule has 0 unspecified atom stereocenters. The molecule has 3 rings (SSSR count). The quantitative estimate of drug-likeness (QED) is 0.801. The van der Waals surface area contributed by atoms with Crippen LogP contribution in [0.3, 0.4) is 0 Å². The van der Waals surface area contributed by atoms with E-state index in [1.165, 1.54) is 0 Å². The fourth-order valence-corrected chi connectivity index (χ4v) is 2.21. The minimum absolute atomic E-state index is 0.0593. The molecule has 0 saturated carbocycles. The first kappa shape index (κ1) is 14.9. The van der Waals surface area contributed by atoms with Gasteiger partial charge in [-0.2, -0.15) is 0 Å². The van der Waals surface area contributed by atoms with Crippen molar-refractivity contribution in [3.63, 3.8) is 0 Å². The van der Waals surface area contributed by atoms with Gasteiger partial charge >= 0.3 is 0 Å². The maximum absolute atomic E-state index is 12.3. The maximum Gasteiger partial charge on any atom is 0.291 e. The minimum atomic E-state index is -0.355. The van der Waals surface area contributed by atoms with E-state index < -0.39 is 0 Å². The highest BCUT2D eigenvalue weighted by molar-refractivity contribution is 5.92. The topological polar surface area (TPSA) is 77.0 Å². The maximum atomic E-state index is 12.3. The summed E-state index contributed by atoms with van der Waals surface area (Å²) >= 11 is 0. The first-order valence-corrected chi connectivity index (χ1v) is 7.21. The monoisotopic (exact) mass is 308 g/mol. The first-order chi connectivity index (χ1) is 11.2. The Kier molecular flexibility index (Phi) is 4.14. The number of rotatable bonds is 4. The third kappa shape index (κ3) is 3.26. The molecule has 116 valence electrons. The summed E-state index contributed by atoms with van der Waals surface area (Å²) < 4.78 is 5.12. The number of carbonyl (C=O) groups is 1. The van der Waals surface area contributed by atoms with Crippen LogP contribution in [0.1, 0.15) is 29.1 Å². The van der Waals surface area contributed by atoms with Gasteiger partial charge in [-0.05, 0) is 36.8 Å². The summed E-state index contributed by atoms with van der Waals surface area (Å²) in [6.07, 6.45) is 0. The molecule has 1 aromatic heterocycles. The van der Waals surface area contributed by atoms with Crippen LogP contribution < -0.4 is 10.1 Å². The van der Waals surface area contributed by atoms with E-state index in [4.69, 9.17) is 4.74 Å². The van der Waals surface area contributed by atoms with E-state index in [0.717, 1.165) is 11.3 Å². The molecule has 1 amide bonds. The molecule has 0 aliphatic heterocycles. The Hall–Kier alpha value is -3.02. The number of ether oxygens (including phenoxy) is 1. The molecule has 0 saturated heterocycles. The van der Waals surface area contributed by atoms with Gasteiger partial charge < -0.3 is 10.1 Å². The van der Waals surface area contributed by atoms with Gasteiger partial charge in [0.25, 0.3) is 5.91 Å². The average Bonchev–Trinajstić information content (AvgIpc) is 2.61. The molecule has 1 heterocycles. The molecule has 1 N–H and O–H groups in total. The fraction of sp³-hybridized carbons (Fsp3) is 0.176. The van der Waals surface area contributed by atoms with Crippen LogP contribution in [0.25, 0.3) is 11.0 Å². The zero-order valence-electron chi connectivity index (χ0n) is 12.9. The number of fused-ring (bicyclic) bond motifs is 1. The van der Waals surface area contributed by atoms with Crippen LogP contribution in [-0.2, 0) is 0 Å². The molecular formula is C17H16N4O2. The predicted molar refractivity (Wildman–Crippen MR) is 86.2 cm³/mol. The Morgan fingerprint density at radius 1 is 1.04 bits per heavy atom. The summed E-state index contributed by atoms with van der Waals surface area (Å²) in [6, 6.07) is 14.6. The molecule has 2 aromatic carbocycles. The van der Waals surface area contributed by atoms with Gasteiger partial charge in [-0.3, -0.25) is 4.79 Å². The van der Waals surface area contributed by atoms with Gasteiger partial charge in [0.05, 0.1) is 18.7 Å². The highest BCUT2D eigenvalue weighted by Gasteiger charge is 2.15. The predicted octanol–water partition coefficient (Wildman–Crippen LogP) is 2.52. The van der Waals surface area contributed by atoms with Gasteiger partial charge in [-0.15, -0.1) is 10.2 Å². The first-order valence-electron chi connectivity index (χ1n) is 7.21. The van der Waals surface area contributed by atoms with Crippen molar-refractivity contribution >= 4 is 16.9 Å². The standard InChI is InChI=1S/C17H16N4O2/c1-11(12-7-9-13(23-2)10-8-12)18-17(22)16-19-14-5-3-4-6-15(14)20-21-16/h3-11H,1-2H3,(H,18,22)/t11-/m0/s1. The third-order valence-corrected chi connectivity index (χ3v) is 3.53. The van der Waals surface area contributed by atoms with Crippen LogP contribution in [0.2, 0.25) is 0 Å². The van der Waals surface area contributed by atoms with Crippen molar-refractivity contribution in [2.24, 2.45) is 0 Å². The van der Waals surface area contributed by atoms with E-state index in [2.05, 4.69) is 20.5 Å². The third-order valence-electron chi connectivity index (χ3n) is 3.53. The van der Waals surface area contributed by atoms with Gasteiger partial charge in [0, 0.05) is 0 Å².